The van der Waals surface area contributed by atoms with Gasteiger partial charge in [-0.2, -0.15) is 0 Å². The van der Waals surface area contributed by atoms with Gasteiger partial charge in [-0.3, -0.25) is 0 Å². The first-order valence-electron chi connectivity index (χ1n) is 9.48. The van der Waals surface area contributed by atoms with E-state index in [1.54, 1.807) is 0 Å². The summed E-state index contributed by atoms with van der Waals surface area (Å²) in [4.78, 5) is 0. The molecule has 0 heterocycles. The lowest BCUT2D eigenvalue weighted by Gasteiger charge is -2.40. The third-order valence-electron chi connectivity index (χ3n) is 4.46. The number of hydrogen-bond donors (Lipinski definition) is 0. The summed E-state index contributed by atoms with van der Waals surface area (Å²) >= 11 is 0. The lowest BCUT2D eigenvalue weighted by atomic mass is 10.3. The molecule has 0 radical (unpaired) electrons. The van der Waals surface area contributed by atoms with E-state index in [0.717, 1.165) is 0 Å². The Bertz CT molecular complexity index is 741. The third-order valence-corrected chi connectivity index (χ3v) is 15.2. The van der Waals surface area contributed by atoms with Gasteiger partial charge in [0, 0.05) is 0 Å². The van der Waals surface area contributed by atoms with Crippen LogP contribution in [0, 0.1) is 0 Å². The van der Waals surface area contributed by atoms with Crippen LogP contribution in [0.2, 0.25) is 26.2 Å². The summed E-state index contributed by atoms with van der Waals surface area (Å²) in [6.07, 6.45) is 0. The molecular formula is C22H28O2Si3. The quantitative estimate of drug-likeness (QED) is 0.441. The number of hydrogen-bond acceptors (Lipinski definition) is 2. The largest absolute Gasteiger partial charge is 0.440 e. The first kappa shape index (κ1) is 20.0. The molecule has 0 atom stereocenters. The Morgan fingerprint density at radius 3 is 1.22 bits per heavy atom. The van der Waals surface area contributed by atoms with Crippen molar-refractivity contribution in [3.05, 3.63) is 91.0 Å². The minimum Gasteiger partial charge on any atom is -0.440 e. The molecule has 2 nitrogen and oxygen atoms in total. The second kappa shape index (κ2) is 8.50. The van der Waals surface area contributed by atoms with E-state index in [9.17, 15) is 0 Å². The fourth-order valence-electron chi connectivity index (χ4n) is 3.66. The molecule has 0 spiro atoms. The predicted octanol–water partition coefficient (Wildman–Crippen LogP) is 3.37. The summed E-state index contributed by atoms with van der Waals surface area (Å²) in [7, 11) is -6.20. The monoisotopic (exact) mass is 408 g/mol. The van der Waals surface area contributed by atoms with Crippen LogP contribution in [0.25, 0.3) is 0 Å². The van der Waals surface area contributed by atoms with Crippen LogP contribution >= 0.6 is 0 Å². The van der Waals surface area contributed by atoms with Crippen LogP contribution in [0.4, 0.5) is 0 Å². The van der Waals surface area contributed by atoms with Crippen molar-refractivity contribution in [1.29, 1.82) is 0 Å². The normalized spacial score (nSPS) is 12.3. The Labute approximate surface area is 166 Å². The molecule has 0 aliphatic heterocycles. The van der Waals surface area contributed by atoms with E-state index in [1.165, 1.54) is 15.6 Å². The van der Waals surface area contributed by atoms with Crippen LogP contribution < -0.4 is 15.6 Å². The average molecular weight is 409 g/mol. The zero-order valence-corrected chi connectivity index (χ0v) is 19.7. The fraction of sp³-hybridized carbons (Fsp3) is 0.182. The first-order chi connectivity index (χ1) is 12.9. The molecule has 0 unspecified atom stereocenters. The lowest BCUT2D eigenvalue weighted by Crippen LogP contribution is -2.73. The minimum absolute atomic E-state index is 1.21. The van der Waals surface area contributed by atoms with Gasteiger partial charge in [-0.1, -0.05) is 91.0 Å². The highest BCUT2D eigenvalue weighted by molar-refractivity contribution is 7.10. The van der Waals surface area contributed by atoms with Crippen molar-refractivity contribution in [2.45, 2.75) is 26.2 Å². The molecule has 0 amide bonds. The van der Waals surface area contributed by atoms with Gasteiger partial charge in [-0.25, -0.2) is 0 Å². The van der Waals surface area contributed by atoms with Crippen LogP contribution in [0.1, 0.15) is 0 Å². The molecule has 3 rings (SSSR count). The van der Waals surface area contributed by atoms with Crippen LogP contribution in [-0.2, 0) is 8.23 Å². The van der Waals surface area contributed by atoms with Gasteiger partial charge in [0.05, 0.1) is 0 Å². The molecule has 0 aliphatic carbocycles. The van der Waals surface area contributed by atoms with E-state index in [2.05, 4.69) is 117 Å². The zero-order valence-electron chi connectivity index (χ0n) is 16.6. The van der Waals surface area contributed by atoms with Gasteiger partial charge in [0.25, 0.3) is 8.32 Å². The summed E-state index contributed by atoms with van der Waals surface area (Å²) in [6, 6.07) is 32.1. The topological polar surface area (TPSA) is 18.5 Å². The Morgan fingerprint density at radius 1 is 0.593 bits per heavy atom. The highest BCUT2D eigenvalue weighted by Gasteiger charge is 2.47. The molecule has 0 fully saturated rings. The number of rotatable bonds is 7. The van der Waals surface area contributed by atoms with Crippen molar-refractivity contribution < 1.29 is 8.23 Å². The highest BCUT2D eigenvalue weighted by Crippen LogP contribution is 2.18. The molecule has 5 heteroatoms. The molecule has 27 heavy (non-hydrogen) atoms. The summed E-state index contributed by atoms with van der Waals surface area (Å²) < 4.78 is 13.6. The van der Waals surface area contributed by atoms with Crippen molar-refractivity contribution in [2.24, 2.45) is 0 Å². The number of benzene rings is 3. The smallest absolute Gasteiger partial charge is 0.311 e. The van der Waals surface area contributed by atoms with Gasteiger partial charge in [0.2, 0.25) is 0 Å². The molecule has 0 aliphatic rings. The molecule has 0 N–H and O–H groups in total. The van der Waals surface area contributed by atoms with Gasteiger partial charge >= 0.3 is 8.56 Å². The predicted molar refractivity (Wildman–Crippen MR) is 123 cm³/mol. The standard InChI is InChI=1S/C22H28O2Si3/c1-25(2)23-26(3,4)24-27(20-14-8-5-9-15-20,21-16-10-6-11-17-21)22-18-12-7-13-19-22/h5-19,25H,1-4H3. The van der Waals surface area contributed by atoms with E-state index in [-0.39, 0.29) is 0 Å². The Morgan fingerprint density at radius 2 is 0.926 bits per heavy atom. The van der Waals surface area contributed by atoms with Crippen molar-refractivity contribution in [3.8, 4) is 0 Å². The Hall–Kier alpha value is -1.77. The van der Waals surface area contributed by atoms with E-state index in [0.29, 0.717) is 0 Å². The second-order valence-electron chi connectivity index (χ2n) is 7.45. The van der Waals surface area contributed by atoms with Crippen LogP contribution in [0.5, 0.6) is 0 Å². The minimum atomic E-state index is -2.67. The maximum Gasteiger partial charge on any atom is 0.311 e. The first-order valence-corrected chi connectivity index (χ1v) is 17.0. The molecule has 140 valence electrons. The molecule has 0 bridgehead atoms. The van der Waals surface area contributed by atoms with Crippen molar-refractivity contribution >= 4 is 41.5 Å². The molecule has 0 saturated heterocycles. The van der Waals surface area contributed by atoms with Gasteiger partial charge in [0.1, 0.15) is 0 Å². The molecular weight excluding hydrogens is 380 g/mol. The summed E-state index contributed by atoms with van der Waals surface area (Å²) in [6.45, 7) is 8.82. The highest BCUT2D eigenvalue weighted by atomic mass is 28.5. The lowest BCUT2D eigenvalue weighted by molar-refractivity contribution is 0.413. The Kier molecular flexibility index (Phi) is 6.29. The van der Waals surface area contributed by atoms with Crippen LogP contribution in [0.3, 0.4) is 0 Å². The third kappa shape index (κ3) is 4.56. The van der Waals surface area contributed by atoms with Gasteiger partial charge in [-0.15, -0.1) is 0 Å². The SMILES string of the molecule is C[SiH](C)O[Si](C)(C)O[Si](c1ccccc1)(c1ccccc1)c1ccccc1. The summed E-state index contributed by atoms with van der Waals surface area (Å²) in [5, 5.41) is 3.78. The molecule has 0 aromatic heterocycles. The van der Waals surface area contributed by atoms with Gasteiger partial charge in [0.15, 0.2) is 9.04 Å². The summed E-state index contributed by atoms with van der Waals surface area (Å²) in [5.41, 5.74) is 0. The van der Waals surface area contributed by atoms with Crippen molar-refractivity contribution in [3.63, 3.8) is 0 Å². The maximum absolute atomic E-state index is 7.18. The van der Waals surface area contributed by atoms with Gasteiger partial charge in [-0.05, 0) is 41.7 Å². The van der Waals surface area contributed by atoms with E-state index < -0.39 is 25.9 Å². The van der Waals surface area contributed by atoms with Crippen LogP contribution in [-0.4, -0.2) is 25.9 Å². The second-order valence-corrected chi connectivity index (χ2v) is 17.2. The molecule has 3 aromatic rings. The van der Waals surface area contributed by atoms with E-state index in [4.69, 9.17) is 8.23 Å². The van der Waals surface area contributed by atoms with Gasteiger partial charge < -0.3 is 8.23 Å². The maximum atomic E-state index is 7.18. The van der Waals surface area contributed by atoms with Crippen molar-refractivity contribution in [1.82, 2.24) is 0 Å². The van der Waals surface area contributed by atoms with E-state index >= 15 is 0 Å². The average Bonchev–Trinajstić information content (AvgIpc) is 2.67. The summed E-state index contributed by atoms with van der Waals surface area (Å²) in [5.74, 6) is 0. The Balaban J connectivity index is 2.26. The van der Waals surface area contributed by atoms with E-state index in [1.807, 2.05) is 0 Å². The zero-order chi connectivity index (χ0) is 19.3. The fourth-order valence-corrected chi connectivity index (χ4v) is 16.2. The van der Waals surface area contributed by atoms with Crippen LogP contribution in [0.15, 0.2) is 91.0 Å². The molecule has 0 saturated carbocycles. The van der Waals surface area contributed by atoms with Crippen molar-refractivity contribution in [2.75, 3.05) is 0 Å². The molecule has 3 aromatic carbocycles.